The van der Waals surface area contributed by atoms with Crippen molar-refractivity contribution in [3.05, 3.63) is 72.7 Å². The Bertz CT molecular complexity index is 802. The molecule has 0 aliphatic rings. The molecule has 0 saturated heterocycles. The van der Waals surface area contributed by atoms with E-state index in [0.29, 0.717) is 5.56 Å². The topological polar surface area (TPSA) is 64.1 Å². The van der Waals surface area contributed by atoms with Crippen LogP contribution in [0, 0.1) is 0 Å². The fourth-order valence-corrected chi connectivity index (χ4v) is 2.19. The van der Waals surface area contributed by atoms with Crippen molar-refractivity contribution in [2.45, 2.75) is 0 Å². The largest absolute Gasteiger partial charge is 0.465 e. The Morgan fingerprint density at radius 2 is 1.87 bits per heavy atom. The van der Waals surface area contributed by atoms with Crippen LogP contribution in [0.1, 0.15) is 10.4 Å². The van der Waals surface area contributed by atoms with Crippen LogP contribution in [0.4, 0.5) is 11.4 Å². The van der Waals surface area contributed by atoms with Gasteiger partial charge in [0.05, 0.1) is 18.4 Å². The van der Waals surface area contributed by atoms with Crippen LogP contribution in [-0.4, -0.2) is 23.0 Å². The van der Waals surface area contributed by atoms with E-state index in [1.165, 1.54) is 13.4 Å². The smallest absolute Gasteiger partial charge is 0.337 e. The van der Waals surface area contributed by atoms with Gasteiger partial charge in [0, 0.05) is 23.1 Å². The van der Waals surface area contributed by atoms with Crippen molar-refractivity contribution in [3.8, 4) is 11.3 Å². The predicted molar refractivity (Wildman–Crippen MR) is 88.5 cm³/mol. The van der Waals surface area contributed by atoms with E-state index in [-0.39, 0.29) is 5.97 Å². The molecule has 0 saturated carbocycles. The average molecular weight is 305 g/mol. The minimum Gasteiger partial charge on any atom is -0.465 e. The third-order valence-corrected chi connectivity index (χ3v) is 3.33. The van der Waals surface area contributed by atoms with E-state index >= 15 is 0 Å². The lowest BCUT2D eigenvalue weighted by Gasteiger charge is -2.08. The highest BCUT2D eigenvalue weighted by atomic mass is 16.5. The first-order chi connectivity index (χ1) is 11.3. The number of anilines is 2. The molecule has 0 aliphatic heterocycles. The molecule has 23 heavy (non-hydrogen) atoms. The van der Waals surface area contributed by atoms with Gasteiger partial charge in [-0.25, -0.2) is 14.8 Å². The molecule has 0 spiro atoms. The summed E-state index contributed by atoms with van der Waals surface area (Å²) in [5.74, 6) is -0.354. The monoisotopic (exact) mass is 305 g/mol. The van der Waals surface area contributed by atoms with Gasteiger partial charge in [-0.1, -0.05) is 18.2 Å². The lowest BCUT2D eigenvalue weighted by molar-refractivity contribution is 0.0601. The minimum absolute atomic E-state index is 0.354. The van der Waals surface area contributed by atoms with Crippen LogP contribution in [0.15, 0.2) is 67.1 Å². The van der Waals surface area contributed by atoms with E-state index < -0.39 is 0 Å². The van der Waals surface area contributed by atoms with Crippen LogP contribution in [0.2, 0.25) is 0 Å². The molecule has 3 rings (SSSR count). The van der Waals surface area contributed by atoms with Crippen molar-refractivity contribution >= 4 is 17.3 Å². The van der Waals surface area contributed by atoms with Crippen molar-refractivity contribution in [1.29, 1.82) is 0 Å². The maximum Gasteiger partial charge on any atom is 0.337 e. The number of hydrogen-bond acceptors (Lipinski definition) is 5. The van der Waals surface area contributed by atoms with Crippen LogP contribution in [0.5, 0.6) is 0 Å². The number of esters is 1. The summed E-state index contributed by atoms with van der Waals surface area (Å²) in [4.78, 5) is 19.7. The summed E-state index contributed by atoms with van der Waals surface area (Å²) in [6.07, 6.45) is 3.24. The zero-order valence-electron chi connectivity index (χ0n) is 12.6. The van der Waals surface area contributed by atoms with Gasteiger partial charge in [-0.05, 0) is 36.4 Å². The Morgan fingerprint density at radius 1 is 1.04 bits per heavy atom. The summed E-state index contributed by atoms with van der Waals surface area (Å²) in [6, 6.07) is 16.9. The number of carbonyl (C=O) groups is 1. The first-order valence-electron chi connectivity index (χ1n) is 7.08. The van der Waals surface area contributed by atoms with Crippen molar-refractivity contribution in [2.75, 3.05) is 12.4 Å². The molecular formula is C18H15N3O2. The van der Waals surface area contributed by atoms with E-state index in [4.69, 9.17) is 4.74 Å². The summed E-state index contributed by atoms with van der Waals surface area (Å²) in [6.45, 7) is 0. The van der Waals surface area contributed by atoms with E-state index in [2.05, 4.69) is 15.3 Å². The van der Waals surface area contributed by atoms with E-state index in [1.807, 2.05) is 42.5 Å². The van der Waals surface area contributed by atoms with Crippen LogP contribution in [-0.2, 0) is 4.74 Å². The number of rotatable bonds is 4. The van der Waals surface area contributed by atoms with Gasteiger partial charge >= 0.3 is 5.97 Å². The van der Waals surface area contributed by atoms with Crippen molar-refractivity contribution in [1.82, 2.24) is 9.97 Å². The Kier molecular flexibility index (Phi) is 4.29. The van der Waals surface area contributed by atoms with Gasteiger partial charge in [0.2, 0.25) is 0 Å². The lowest BCUT2D eigenvalue weighted by Crippen LogP contribution is -2.01. The molecule has 0 atom stereocenters. The number of carbonyl (C=O) groups excluding carboxylic acids is 1. The average Bonchev–Trinajstić information content (AvgIpc) is 2.62. The fraction of sp³-hybridized carbons (Fsp3) is 0.0556. The van der Waals surface area contributed by atoms with Gasteiger partial charge < -0.3 is 10.1 Å². The van der Waals surface area contributed by atoms with E-state index in [9.17, 15) is 4.79 Å². The highest BCUT2D eigenvalue weighted by Gasteiger charge is 2.06. The maximum atomic E-state index is 11.6. The fourth-order valence-electron chi connectivity index (χ4n) is 2.19. The third-order valence-electron chi connectivity index (χ3n) is 3.33. The Labute approximate surface area is 134 Å². The standard InChI is InChI=1S/C18H15N3O2/c1-23-18(22)14-3-2-4-16(11-14)21-15-7-5-13(6-8-15)17-9-10-19-12-20-17/h2-12,21H,1H3. The first-order valence-corrected chi connectivity index (χ1v) is 7.08. The number of nitrogens with zero attached hydrogens (tertiary/aromatic N) is 2. The minimum atomic E-state index is -0.354. The zero-order valence-corrected chi connectivity index (χ0v) is 12.6. The number of hydrogen-bond donors (Lipinski definition) is 1. The zero-order chi connectivity index (χ0) is 16.1. The first kappa shape index (κ1) is 14.7. The number of nitrogens with one attached hydrogen (secondary N) is 1. The van der Waals surface area contributed by atoms with Crippen LogP contribution in [0.3, 0.4) is 0 Å². The molecule has 5 nitrogen and oxygen atoms in total. The molecule has 114 valence electrons. The molecule has 2 aromatic carbocycles. The summed E-state index contributed by atoms with van der Waals surface area (Å²) < 4.78 is 4.73. The second kappa shape index (κ2) is 6.70. The van der Waals surface area contributed by atoms with Crippen molar-refractivity contribution in [2.24, 2.45) is 0 Å². The Hall–Kier alpha value is -3.21. The second-order valence-corrected chi connectivity index (χ2v) is 4.87. The van der Waals surface area contributed by atoms with Gasteiger partial charge in [0.1, 0.15) is 6.33 Å². The predicted octanol–water partition coefficient (Wildman–Crippen LogP) is 3.67. The SMILES string of the molecule is COC(=O)c1cccc(Nc2ccc(-c3ccncn3)cc2)c1. The molecule has 1 aromatic heterocycles. The molecule has 3 aromatic rings. The number of benzene rings is 2. The lowest BCUT2D eigenvalue weighted by atomic mass is 10.1. The third kappa shape index (κ3) is 3.52. The van der Waals surface area contributed by atoms with E-state index in [1.54, 1.807) is 18.3 Å². The van der Waals surface area contributed by atoms with E-state index in [0.717, 1.165) is 22.6 Å². The van der Waals surface area contributed by atoms with Gasteiger partial charge in [0.15, 0.2) is 0 Å². The summed E-state index contributed by atoms with van der Waals surface area (Å²) in [7, 11) is 1.37. The van der Waals surface area contributed by atoms with Gasteiger partial charge in [-0.15, -0.1) is 0 Å². The van der Waals surface area contributed by atoms with Crippen molar-refractivity contribution < 1.29 is 9.53 Å². The quantitative estimate of drug-likeness (QED) is 0.745. The molecule has 1 heterocycles. The van der Waals surface area contributed by atoms with Crippen molar-refractivity contribution in [3.63, 3.8) is 0 Å². The highest BCUT2D eigenvalue weighted by Crippen LogP contribution is 2.22. The second-order valence-electron chi connectivity index (χ2n) is 4.87. The molecule has 1 N–H and O–H groups in total. The number of aromatic nitrogens is 2. The molecule has 0 radical (unpaired) electrons. The summed E-state index contributed by atoms with van der Waals surface area (Å²) >= 11 is 0. The maximum absolute atomic E-state index is 11.6. The van der Waals surface area contributed by atoms with Gasteiger partial charge in [-0.3, -0.25) is 0 Å². The van der Waals surface area contributed by atoms with Crippen LogP contribution in [0.25, 0.3) is 11.3 Å². The Balaban J connectivity index is 1.77. The Morgan fingerprint density at radius 3 is 2.57 bits per heavy atom. The van der Waals surface area contributed by atoms with Crippen LogP contribution < -0.4 is 5.32 Å². The molecular weight excluding hydrogens is 290 g/mol. The molecule has 0 bridgehead atoms. The molecule has 0 fully saturated rings. The van der Waals surface area contributed by atoms with Gasteiger partial charge in [0.25, 0.3) is 0 Å². The number of ether oxygens (including phenoxy) is 1. The molecule has 0 aliphatic carbocycles. The van der Waals surface area contributed by atoms with Crippen LogP contribution >= 0.6 is 0 Å². The summed E-state index contributed by atoms with van der Waals surface area (Å²) in [5, 5.41) is 3.26. The normalized spacial score (nSPS) is 10.1. The van der Waals surface area contributed by atoms with Gasteiger partial charge in [-0.2, -0.15) is 0 Å². The summed E-state index contributed by atoms with van der Waals surface area (Å²) in [5.41, 5.74) is 4.14. The highest BCUT2D eigenvalue weighted by molar-refractivity contribution is 5.90. The number of methoxy groups -OCH3 is 1. The molecule has 0 unspecified atom stereocenters. The molecule has 5 heteroatoms. The molecule has 0 amide bonds.